The van der Waals surface area contributed by atoms with Crippen molar-refractivity contribution in [2.75, 3.05) is 5.32 Å². The SMILES string of the molecule is CC[C@H]1Oc2ccc(NC(=O)c3ccccc3OC(C)=O)cc2CN(Cc2ccccc2F)C1=O. The Morgan fingerprint density at radius 2 is 1.86 bits per heavy atom. The van der Waals surface area contributed by atoms with E-state index in [1.165, 1.54) is 19.1 Å². The van der Waals surface area contributed by atoms with Crippen LogP contribution in [0.1, 0.15) is 41.8 Å². The second-order valence-electron chi connectivity index (χ2n) is 8.17. The van der Waals surface area contributed by atoms with Gasteiger partial charge in [-0.15, -0.1) is 0 Å². The molecule has 1 aliphatic rings. The van der Waals surface area contributed by atoms with Gasteiger partial charge in [-0.05, 0) is 42.8 Å². The standard InChI is InChI=1S/C27H25FN2O5/c1-3-23-27(33)30(15-18-8-4-6-10-22(18)28)16-19-14-20(12-13-24(19)35-23)29-26(32)21-9-5-7-11-25(21)34-17(2)31/h4-14,23H,3,15-16H2,1-2H3,(H,29,32)/t23-/m1/s1. The van der Waals surface area contributed by atoms with Gasteiger partial charge in [0.25, 0.3) is 11.8 Å². The predicted molar refractivity (Wildman–Crippen MR) is 128 cm³/mol. The largest absolute Gasteiger partial charge is 0.480 e. The number of benzene rings is 3. The van der Waals surface area contributed by atoms with Crippen LogP contribution in [-0.4, -0.2) is 28.8 Å². The average molecular weight is 477 g/mol. The van der Waals surface area contributed by atoms with E-state index in [9.17, 15) is 18.8 Å². The van der Waals surface area contributed by atoms with Gasteiger partial charge >= 0.3 is 5.97 Å². The number of halogens is 1. The lowest BCUT2D eigenvalue weighted by Gasteiger charge is -2.23. The Morgan fingerprint density at radius 3 is 2.60 bits per heavy atom. The van der Waals surface area contributed by atoms with Crippen LogP contribution >= 0.6 is 0 Å². The highest BCUT2D eigenvalue weighted by Gasteiger charge is 2.30. The summed E-state index contributed by atoms with van der Waals surface area (Å²) in [5.41, 5.74) is 1.77. The highest BCUT2D eigenvalue weighted by molar-refractivity contribution is 6.06. The summed E-state index contributed by atoms with van der Waals surface area (Å²) < 4.78 is 25.4. The quantitative estimate of drug-likeness (QED) is 0.412. The van der Waals surface area contributed by atoms with Gasteiger partial charge in [0.05, 0.1) is 5.56 Å². The number of ether oxygens (including phenoxy) is 2. The minimum absolute atomic E-state index is 0.0944. The van der Waals surface area contributed by atoms with Crippen molar-refractivity contribution in [1.82, 2.24) is 4.90 Å². The molecule has 0 radical (unpaired) electrons. The molecule has 1 N–H and O–H groups in total. The molecule has 1 atom stereocenters. The van der Waals surface area contributed by atoms with Gasteiger partial charge in [-0.25, -0.2) is 4.39 Å². The van der Waals surface area contributed by atoms with Gasteiger partial charge in [-0.1, -0.05) is 37.3 Å². The van der Waals surface area contributed by atoms with E-state index >= 15 is 0 Å². The molecule has 1 aliphatic heterocycles. The summed E-state index contributed by atoms with van der Waals surface area (Å²) in [6.07, 6.45) is -0.239. The van der Waals surface area contributed by atoms with Crippen LogP contribution in [0.2, 0.25) is 0 Å². The lowest BCUT2D eigenvalue weighted by atomic mass is 10.1. The first-order chi connectivity index (χ1) is 16.9. The van der Waals surface area contributed by atoms with Crippen molar-refractivity contribution >= 4 is 23.5 Å². The van der Waals surface area contributed by atoms with Crippen LogP contribution in [0.5, 0.6) is 11.5 Å². The molecule has 0 bridgehead atoms. The minimum atomic E-state index is -0.695. The van der Waals surface area contributed by atoms with Gasteiger partial charge in [0, 0.05) is 36.8 Å². The Morgan fingerprint density at radius 1 is 1.11 bits per heavy atom. The number of nitrogens with zero attached hydrogens (tertiary/aromatic N) is 1. The smallest absolute Gasteiger partial charge is 0.308 e. The van der Waals surface area contributed by atoms with Crippen LogP contribution in [0.25, 0.3) is 0 Å². The Bertz CT molecular complexity index is 1280. The fraction of sp³-hybridized carbons (Fsp3) is 0.222. The zero-order chi connectivity index (χ0) is 24.9. The van der Waals surface area contributed by atoms with Gasteiger partial charge < -0.3 is 19.7 Å². The molecule has 7 nitrogen and oxygen atoms in total. The van der Waals surface area contributed by atoms with E-state index in [0.717, 1.165) is 0 Å². The number of hydrogen-bond acceptors (Lipinski definition) is 5. The molecule has 0 aromatic heterocycles. The topological polar surface area (TPSA) is 84.9 Å². The first-order valence-electron chi connectivity index (χ1n) is 11.3. The van der Waals surface area contributed by atoms with E-state index < -0.39 is 18.0 Å². The van der Waals surface area contributed by atoms with Crippen molar-refractivity contribution < 1.29 is 28.2 Å². The summed E-state index contributed by atoms with van der Waals surface area (Å²) in [7, 11) is 0. The van der Waals surface area contributed by atoms with E-state index in [1.54, 1.807) is 59.5 Å². The van der Waals surface area contributed by atoms with Crippen molar-refractivity contribution in [3.63, 3.8) is 0 Å². The molecule has 180 valence electrons. The Balaban J connectivity index is 1.60. The highest BCUT2D eigenvalue weighted by atomic mass is 19.1. The maximum absolute atomic E-state index is 14.3. The number of anilines is 1. The van der Waals surface area contributed by atoms with Crippen LogP contribution in [-0.2, 0) is 22.7 Å². The number of amides is 2. The molecule has 35 heavy (non-hydrogen) atoms. The predicted octanol–water partition coefficient (Wildman–Crippen LogP) is 4.70. The summed E-state index contributed by atoms with van der Waals surface area (Å²) in [4.78, 5) is 38.9. The third-order valence-corrected chi connectivity index (χ3v) is 5.61. The van der Waals surface area contributed by atoms with Crippen molar-refractivity contribution in [2.45, 2.75) is 39.5 Å². The number of fused-ring (bicyclic) bond motifs is 1. The molecule has 8 heteroatoms. The number of esters is 1. The van der Waals surface area contributed by atoms with Crippen LogP contribution in [0.15, 0.2) is 66.7 Å². The molecule has 0 saturated carbocycles. The second kappa shape index (κ2) is 10.4. The van der Waals surface area contributed by atoms with Crippen molar-refractivity contribution in [2.24, 2.45) is 0 Å². The molecule has 3 aromatic carbocycles. The Hall–Kier alpha value is -4.20. The van der Waals surface area contributed by atoms with E-state index in [-0.39, 0.29) is 36.1 Å². The summed E-state index contributed by atoms with van der Waals surface area (Å²) in [5.74, 6) is -0.916. The first-order valence-corrected chi connectivity index (χ1v) is 11.3. The molecule has 4 rings (SSSR count). The summed E-state index contributed by atoms with van der Waals surface area (Å²) in [6, 6.07) is 17.9. The zero-order valence-corrected chi connectivity index (χ0v) is 19.4. The maximum atomic E-state index is 14.3. The lowest BCUT2D eigenvalue weighted by Crippen LogP contribution is -2.39. The van der Waals surface area contributed by atoms with Gasteiger partial charge in [-0.2, -0.15) is 0 Å². The Kier molecular flexibility index (Phi) is 7.10. The summed E-state index contributed by atoms with van der Waals surface area (Å²) >= 11 is 0. The van der Waals surface area contributed by atoms with Crippen molar-refractivity contribution in [3.05, 3.63) is 89.2 Å². The van der Waals surface area contributed by atoms with Gasteiger partial charge in [0.1, 0.15) is 17.3 Å². The summed E-state index contributed by atoms with van der Waals surface area (Å²) in [5, 5.41) is 2.80. The van der Waals surface area contributed by atoms with Crippen LogP contribution in [0.4, 0.5) is 10.1 Å². The van der Waals surface area contributed by atoms with E-state index in [1.807, 2.05) is 6.92 Å². The highest BCUT2D eigenvalue weighted by Crippen LogP contribution is 2.31. The number of carbonyl (C=O) groups is 3. The molecule has 3 aromatic rings. The monoisotopic (exact) mass is 476 g/mol. The number of rotatable bonds is 6. The van der Waals surface area contributed by atoms with Crippen LogP contribution < -0.4 is 14.8 Å². The fourth-order valence-electron chi connectivity index (χ4n) is 3.91. The van der Waals surface area contributed by atoms with E-state index in [0.29, 0.717) is 29.0 Å². The van der Waals surface area contributed by atoms with Crippen molar-refractivity contribution in [1.29, 1.82) is 0 Å². The van der Waals surface area contributed by atoms with Crippen LogP contribution in [0, 0.1) is 5.82 Å². The molecule has 0 spiro atoms. The number of para-hydroxylation sites is 1. The van der Waals surface area contributed by atoms with Gasteiger partial charge in [0.15, 0.2) is 6.10 Å². The normalized spacial score (nSPS) is 15.0. The van der Waals surface area contributed by atoms with E-state index in [4.69, 9.17) is 9.47 Å². The molecule has 2 amide bonds. The lowest BCUT2D eigenvalue weighted by molar-refractivity contribution is -0.139. The molecule has 0 fully saturated rings. The molecule has 0 unspecified atom stereocenters. The fourth-order valence-corrected chi connectivity index (χ4v) is 3.91. The number of nitrogens with one attached hydrogen (secondary N) is 1. The molecular formula is C27H25FN2O5. The first kappa shape index (κ1) is 23.9. The van der Waals surface area contributed by atoms with Crippen LogP contribution in [0.3, 0.4) is 0 Å². The summed E-state index contributed by atoms with van der Waals surface area (Å²) in [6.45, 7) is 3.40. The minimum Gasteiger partial charge on any atom is -0.480 e. The van der Waals surface area contributed by atoms with Crippen molar-refractivity contribution in [3.8, 4) is 11.5 Å². The number of carbonyl (C=O) groups excluding carboxylic acids is 3. The molecule has 1 heterocycles. The van der Waals surface area contributed by atoms with Gasteiger partial charge in [0.2, 0.25) is 0 Å². The third-order valence-electron chi connectivity index (χ3n) is 5.61. The Labute approximate surface area is 202 Å². The molecule has 0 saturated heterocycles. The third kappa shape index (κ3) is 5.48. The average Bonchev–Trinajstić information content (AvgIpc) is 2.96. The molecular weight excluding hydrogens is 451 g/mol. The maximum Gasteiger partial charge on any atom is 0.308 e. The second-order valence-corrected chi connectivity index (χ2v) is 8.17. The van der Waals surface area contributed by atoms with E-state index in [2.05, 4.69) is 5.32 Å². The molecule has 0 aliphatic carbocycles. The number of hydrogen-bond donors (Lipinski definition) is 1. The zero-order valence-electron chi connectivity index (χ0n) is 19.4. The van der Waals surface area contributed by atoms with Gasteiger partial charge in [-0.3, -0.25) is 14.4 Å².